The van der Waals surface area contributed by atoms with Crippen molar-refractivity contribution < 1.29 is 9.47 Å². The molecule has 0 radical (unpaired) electrons. The minimum Gasteiger partial charge on any atom is -0.494 e. The Hall–Kier alpha value is -2.69. The minimum absolute atomic E-state index is 0.512. The molecule has 1 aromatic carbocycles. The fraction of sp³-hybridized carbons (Fsp3) is 0.458. The van der Waals surface area contributed by atoms with E-state index in [4.69, 9.17) is 9.47 Å². The lowest BCUT2D eigenvalue weighted by atomic mass is 9.99. The first kappa shape index (κ1) is 23.1. The number of ether oxygens (including phenoxy) is 2. The molecule has 2 saturated heterocycles. The molecule has 2 fully saturated rings. The summed E-state index contributed by atoms with van der Waals surface area (Å²) in [5.41, 5.74) is 4.15. The van der Waals surface area contributed by atoms with Crippen molar-refractivity contribution in [1.29, 1.82) is 0 Å². The van der Waals surface area contributed by atoms with Crippen LogP contribution in [0.1, 0.15) is 12.8 Å². The van der Waals surface area contributed by atoms with Gasteiger partial charge in [-0.3, -0.25) is 9.58 Å². The first-order valence-electron chi connectivity index (χ1n) is 11.6. The van der Waals surface area contributed by atoms with Crippen LogP contribution in [0.3, 0.4) is 0 Å². The van der Waals surface area contributed by atoms with E-state index in [0.717, 1.165) is 85.0 Å². The number of methoxy groups -OCH3 is 1. The number of rotatable bonds is 6. The van der Waals surface area contributed by atoms with Crippen molar-refractivity contribution in [3.8, 4) is 16.9 Å². The van der Waals surface area contributed by atoms with Crippen LogP contribution in [0, 0.1) is 0 Å². The normalized spacial score (nSPS) is 17.7. The molecule has 2 aliphatic rings. The standard InChI is InChI=1S/C24H30BrN7O2/c1-30-16-17(13-28-30)20-11-21(29-24-26-14-18(25)15-27-24)23(33-2)12-22(20)32-5-3-19(4-6-32)31-7-9-34-10-8-31/h11-16,19H,3-10H2,1-2H3,(H,26,27,29). The minimum atomic E-state index is 0.512. The Morgan fingerprint density at radius 1 is 1.06 bits per heavy atom. The van der Waals surface area contributed by atoms with Gasteiger partial charge in [-0.05, 0) is 34.8 Å². The molecule has 0 amide bonds. The van der Waals surface area contributed by atoms with Gasteiger partial charge in [0.1, 0.15) is 5.75 Å². The second-order valence-corrected chi connectivity index (χ2v) is 9.60. The van der Waals surface area contributed by atoms with Crippen LogP contribution in [-0.2, 0) is 11.8 Å². The molecule has 9 nitrogen and oxygen atoms in total. The second kappa shape index (κ2) is 10.3. The van der Waals surface area contributed by atoms with E-state index >= 15 is 0 Å². The van der Waals surface area contributed by atoms with Gasteiger partial charge in [-0.25, -0.2) is 9.97 Å². The van der Waals surface area contributed by atoms with Crippen LogP contribution in [0.5, 0.6) is 5.75 Å². The monoisotopic (exact) mass is 527 g/mol. The molecule has 0 unspecified atom stereocenters. The molecule has 4 heterocycles. The lowest BCUT2D eigenvalue weighted by molar-refractivity contribution is 0.0115. The third kappa shape index (κ3) is 5.03. The van der Waals surface area contributed by atoms with E-state index in [2.05, 4.69) is 58.2 Å². The average molecular weight is 528 g/mol. The van der Waals surface area contributed by atoms with Gasteiger partial charge in [0.15, 0.2) is 0 Å². The Kier molecular flexibility index (Phi) is 6.98. The Labute approximate surface area is 208 Å². The highest BCUT2D eigenvalue weighted by Crippen LogP contribution is 2.41. The molecule has 2 aromatic heterocycles. The Balaban J connectivity index is 1.44. The summed E-state index contributed by atoms with van der Waals surface area (Å²) in [6.45, 7) is 5.77. The number of nitrogens with one attached hydrogen (secondary N) is 1. The molecule has 0 atom stereocenters. The van der Waals surface area contributed by atoms with Crippen LogP contribution < -0.4 is 15.0 Å². The molecule has 0 aliphatic carbocycles. The summed E-state index contributed by atoms with van der Waals surface area (Å²) in [6, 6.07) is 4.86. The zero-order chi connectivity index (χ0) is 23.5. The van der Waals surface area contributed by atoms with Crippen LogP contribution in [0.25, 0.3) is 11.1 Å². The lowest BCUT2D eigenvalue weighted by Crippen LogP contribution is -2.49. The van der Waals surface area contributed by atoms with Crippen LogP contribution in [0.4, 0.5) is 17.3 Å². The van der Waals surface area contributed by atoms with Crippen molar-refractivity contribution in [3.05, 3.63) is 41.4 Å². The number of hydrogen-bond donors (Lipinski definition) is 1. The number of nitrogens with zero attached hydrogens (tertiary/aromatic N) is 6. The number of hydrogen-bond acceptors (Lipinski definition) is 8. The largest absolute Gasteiger partial charge is 0.494 e. The smallest absolute Gasteiger partial charge is 0.227 e. The maximum atomic E-state index is 5.79. The fourth-order valence-electron chi connectivity index (χ4n) is 4.80. The van der Waals surface area contributed by atoms with E-state index in [1.807, 2.05) is 24.1 Å². The fourth-order valence-corrected chi connectivity index (χ4v) is 5.01. The van der Waals surface area contributed by atoms with Gasteiger partial charge in [-0.2, -0.15) is 5.10 Å². The third-order valence-corrected chi connectivity index (χ3v) is 6.98. The molecule has 180 valence electrons. The van der Waals surface area contributed by atoms with Crippen molar-refractivity contribution in [3.63, 3.8) is 0 Å². The van der Waals surface area contributed by atoms with Crippen LogP contribution >= 0.6 is 15.9 Å². The zero-order valence-electron chi connectivity index (χ0n) is 19.6. The number of piperidine rings is 1. The summed E-state index contributed by atoms with van der Waals surface area (Å²) < 4.78 is 14.0. The number of benzene rings is 1. The lowest BCUT2D eigenvalue weighted by Gasteiger charge is -2.41. The van der Waals surface area contributed by atoms with Crippen molar-refractivity contribution in [2.45, 2.75) is 18.9 Å². The molecule has 2 aliphatic heterocycles. The number of aryl methyl sites for hydroxylation is 1. The maximum absolute atomic E-state index is 5.79. The number of morpholine rings is 1. The molecule has 0 bridgehead atoms. The van der Waals surface area contributed by atoms with E-state index in [1.165, 1.54) is 0 Å². The highest BCUT2D eigenvalue weighted by molar-refractivity contribution is 9.10. The van der Waals surface area contributed by atoms with E-state index in [0.29, 0.717) is 12.0 Å². The van der Waals surface area contributed by atoms with Gasteiger partial charge in [0.2, 0.25) is 5.95 Å². The molecule has 34 heavy (non-hydrogen) atoms. The third-order valence-electron chi connectivity index (χ3n) is 6.57. The quantitative estimate of drug-likeness (QED) is 0.519. The first-order chi connectivity index (χ1) is 16.6. The SMILES string of the molecule is COc1cc(N2CCC(N3CCOCC3)CC2)c(-c2cnn(C)c2)cc1Nc1ncc(Br)cn1. The van der Waals surface area contributed by atoms with Crippen LogP contribution in [0.2, 0.25) is 0 Å². The predicted molar refractivity (Wildman–Crippen MR) is 136 cm³/mol. The van der Waals surface area contributed by atoms with Crippen molar-refractivity contribution in [2.24, 2.45) is 7.05 Å². The van der Waals surface area contributed by atoms with Gasteiger partial charge >= 0.3 is 0 Å². The highest BCUT2D eigenvalue weighted by atomic mass is 79.9. The van der Waals surface area contributed by atoms with Gasteiger partial charge in [0.05, 0.1) is 36.7 Å². The molecule has 0 spiro atoms. The molecule has 3 aromatic rings. The van der Waals surface area contributed by atoms with Crippen molar-refractivity contribution in [1.82, 2.24) is 24.6 Å². The zero-order valence-corrected chi connectivity index (χ0v) is 21.2. The predicted octanol–water partition coefficient (Wildman–Crippen LogP) is 3.69. The number of anilines is 3. The summed E-state index contributed by atoms with van der Waals surface area (Å²) in [6.07, 6.45) is 9.67. The molecule has 10 heteroatoms. The van der Waals surface area contributed by atoms with E-state index in [-0.39, 0.29) is 0 Å². The van der Waals surface area contributed by atoms with Gasteiger partial charge in [-0.15, -0.1) is 0 Å². The summed E-state index contributed by atoms with van der Waals surface area (Å²) in [7, 11) is 3.64. The van der Waals surface area contributed by atoms with Crippen molar-refractivity contribution >= 4 is 33.3 Å². The topological polar surface area (TPSA) is 80.6 Å². The number of aromatic nitrogens is 4. The number of halogens is 1. The summed E-state index contributed by atoms with van der Waals surface area (Å²) >= 11 is 3.39. The maximum Gasteiger partial charge on any atom is 0.227 e. The molecule has 0 saturated carbocycles. The average Bonchev–Trinajstić information content (AvgIpc) is 3.32. The Bertz CT molecular complexity index is 1110. The van der Waals surface area contributed by atoms with E-state index in [1.54, 1.807) is 19.5 Å². The van der Waals surface area contributed by atoms with Gasteiger partial charge in [0, 0.05) is 80.7 Å². The molecular formula is C24H30BrN7O2. The second-order valence-electron chi connectivity index (χ2n) is 8.69. The van der Waals surface area contributed by atoms with Crippen molar-refractivity contribution in [2.75, 3.05) is 56.7 Å². The Morgan fingerprint density at radius 3 is 2.44 bits per heavy atom. The van der Waals surface area contributed by atoms with Crippen LogP contribution in [-0.4, -0.2) is 77.2 Å². The summed E-state index contributed by atoms with van der Waals surface area (Å²) in [5, 5.41) is 7.73. The van der Waals surface area contributed by atoms with Gasteiger partial charge in [0.25, 0.3) is 0 Å². The molecular weight excluding hydrogens is 498 g/mol. The van der Waals surface area contributed by atoms with Gasteiger partial charge in [-0.1, -0.05) is 0 Å². The van der Waals surface area contributed by atoms with Crippen LogP contribution in [0.15, 0.2) is 41.4 Å². The van der Waals surface area contributed by atoms with E-state index < -0.39 is 0 Å². The molecule has 5 rings (SSSR count). The Morgan fingerprint density at radius 2 is 1.79 bits per heavy atom. The molecule has 1 N–H and O–H groups in total. The summed E-state index contributed by atoms with van der Waals surface area (Å²) in [4.78, 5) is 13.8. The summed E-state index contributed by atoms with van der Waals surface area (Å²) in [5.74, 6) is 1.27. The highest BCUT2D eigenvalue weighted by Gasteiger charge is 2.28. The van der Waals surface area contributed by atoms with E-state index in [9.17, 15) is 0 Å². The first-order valence-corrected chi connectivity index (χ1v) is 12.4. The van der Waals surface area contributed by atoms with Gasteiger partial charge < -0.3 is 19.7 Å².